The van der Waals surface area contributed by atoms with E-state index in [1.807, 2.05) is 0 Å². The topological polar surface area (TPSA) is 73.7 Å². The monoisotopic (exact) mass is 223 g/mol. The first-order valence-electron chi connectivity index (χ1n) is 3.19. The zero-order valence-electron chi connectivity index (χ0n) is 6.13. The highest BCUT2D eigenvalue weighted by Gasteiger charge is 2.04. The number of nitrogen functional groups attached to an aromatic ring is 1. The van der Waals surface area contributed by atoms with Crippen LogP contribution in [0, 0.1) is 16.7 Å². The van der Waals surface area contributed by atoms with Gasteiger partial charge in [-0.15, -0.1) is 0 Å². The van der Waals surface area contributed by atoms with Crippen LogP contribution in [0.25, 0.3) is 0 Å². The van der Waals surface area contributed by atoms with Crippen molar-refractivity contribution in [1.82, 2.24) is 0 Å². The number of nitrogens with one attached hydrogen (secondary N) is 1. The Morgan fingerprint density at radius 1 is 1.58 bits per heavy atom. The molecule has 0 radical (unpaired) electrons. The highest BCUT2D eigenvalue weighted by molar-refractivity contribution is 9.10. The maximum absolute atomic E-state index is 8.44. The summed E-state index contributed by atoms with van der Waals surface area (Å²) >= 11 is 3.23. The normalized spacial score (nSPS) is 9.00. The molecule has 60 valence electrons. The highest BCUT2D eigenvalue weighted by Crippen LogP contribution is 2.18. The standard InChI is InChI=1S/C8H6BrN3/c9-5-1-2-6(7(11)3-5)8(12)4-10/h1-3,12H,11H2. The smallest absolute Gasteiger partial charge is 0.141 e. The summed E-state index contributed by atoms with van der Waals surface area (Å²) in [5.74, 6) is 0. The molecule has 1 rings (SSSR count). The van der Waals surface area contributed by atoms with Gasteiger partial charge < -0.3 is 5.73 Å². The molecule has 0 fully saturated rings. The van der Waals surface area contributed by atoms with Gasteiger partial charge in [0.25, 0.3) is 0 Å². The molecule has 0 heterocycles. The predicted octanol–water partition coefficient (Wildman–Crippen LogP) is 1.92. The second-order valence-electron chi connectivity index (χ2n) is 2.22. The quantitative estimate of drug-likeness (QED) is 0.564. The first kappa shape index (κ1) is 8.75. The summed E-state index contributed by atoms with van der Waals surface area (Å²) in [7, 11) is 0. The second-order valence-corrected chi connectivity index (χ2v) is 3.13. The van der Waals surface area contributed by atoms with Gasteiger partial charge in [-0.25, -0.2) is 0 Å². The molecule has 0 saturated carbocycles. The lowest BCUT2D eigenvalue weighted by atomic mass is 10.1. The van der Waals surface area contributed by atoms with E-state index in [0.29, 0.717) is 11.3 Å². The molecule has 1 aromatic carbocycles. The molecular formula is C8H6BrN3. The fourth-order valence-corrected chi connectivity index (χ4v) is 1.20. The summed E-state index contributed by atoms with van der Waals surface area (Å²) in [6, 6.07) is 6.79. The predicted molar refractivity (Wildman–Crippen MR) is 51.0 cm³/mol. The average molecular weight is 224 g/mol. The van der Waals surface area contributed by atoms with Crippen molar-refractivity contribution in [2.45, 2.75) is 0 Å². The summed E-state index contributed by atoms with van der Waals surface area (Å²) in [5.41, 5.74) is 6.38. The van der Waals surface area contributed by atoms with Crippen LogP contribution in [0.2, 0.25) is 0 Å². The molecule has 12 heavy (non-hydrogen) atoms. The van der Waals surface area contributed by atoms with Gasteiger partial charge in [-0.2, -0.15) is 5.26 Å². The van der Waals surface area contributed by atoms with E-state index in [9.17, 15) is 0 Å². The van der Waals surface area contributed by atoms with Gasteiger partial charge in [-0.1, -0.05) is 15.9 Å². The Balaban J connectivity index is 3.20. The van der Waals surface area contributed by atoms with E-state index in [-0.39, 0.29) is 5.71 Å². The zero-order chi connectivity index (χ0) is 9.14. The summed E-state index contributed by atoms with van der Waals surface area (Å²) in [6.45, 7) is 0. The number of nitriles is 1. The first-order chi connectivity index (χ1) is 5.65. The van der Waals surface area contributed by atoms with E-state index in [0.717, 1.165) is 4.47 Å². The highest BCUT2D eigenvalue weighted by atomic mass is 79.9. The van der Waals surface area contributed by atoms with Gasteiger partial charge in [0.2, 0.25) is 0 Å². The summed E-state index contributed by atoms with van der Waals surface area (Å²) in [5, 5.41) is 15.7. The molecule has 0 spiro atoms. The van der Waals surface area contributed by atoms with E-state index >= 15 is 0 Å². The maximum Gasteiger partial charge on any atom is 0.141 e. The van der Waals surface area contributed by atoms with Gasteiger partial charge in [0.05, 0.1) is 0 Å². The van der Waals surface area contributed by atoms with Crippen LogP contribution < -0.4 is 5.73 Å². The second kappa shape index (κ2) is 3.37. The first-order valence-corrected chi connectivity index (χ1v) is 3.98. The summed E-state index contributed by atoms with van der Waals surface area (Å²) < 4.78 is 0.842. The van der Waals surface area contributed by atoms with Gasteiger partial charge in [-0.05, 0) is 18.2 Å². The van der Waals surface area contributed by atoms with Crippen molar-refractivity contribution >= 4 is 27.3 Å². The SMILES string of the molecule is N#CC(=N)c1ccc(Br)cc1N. The number of nitrogens with two attached hydrogens (primary N) is 1. The summed E-state index contributed by atoms with van der Waals surface area (Å²) in [4.78, 5) is 0. The van der Waals surface area contributed by atoms with E-state index in [1.54, 1.807) is 24.3 Å². The Kier molecular flexibility index (Phi) is 2.46. The van der Waals surface area contributed by atoms with Crippen molar-refractivity contribution < 1.29 is 0 Å². The molecule has 0 aromatic heterocycles. The molecule has 0 saturated heterocycles. The van der Waals surface area contributed by atoms with E-state index < -0.39 is 0 Å². The Hall–Kier alpha value is -1.34. The van der Waals surface area contributed by atoms with Crippen molar-refractivity contribution in [1.29, 1.82) is 10.7 Å². The van der Waals surface area contributed by atoms with Gasteiger partial charge >= 0.3 is 0 Å². The molecule has 3 nitrogen and oxygen atoms in total. The van der Waals surface area contributed by atoms with Crippen LogP contribution >= 0.6 is 15.9 Å². The van der Waals surface area contributed by atoms with Crippen LogP contribution in [0.5, 0.6) is 0 Å². The molecule has 0 aliphatic rings. The number of hydrogen-bond donors (Lipinski definition) is 2. The minimum atomic E-state index is -0.111. The average Bonchev–Trinajstić information content (AvgIpc) is 2.03. The third-order valence-corrected chi connectivity index (χ3v) is 1.89. The van der Waals surface area contributed by atoms with Crippen molar-refractivity contribution in [3.8, 4) is 6.07 Å². The number of benzene rings is 1. The Labute approximate surface area is 78.4 Å². The molecule has 1 aromatic rings. The van der Waals surface area contributed by atoms with Crippen LogP contribution in [0.3, 0.4) is 0 Å². The van der Waals surface area contributed by atoms with E-state index in [2.05, 4.69) is 15.9 Å². The third-order valence-electron chi connectivity index (χ3n) is 1.39. The molecule has 0 aliphatic heterocycles. The maximum atomic E-state index is 8.44. The number of anilines is 1. The van der Waals surface area contributed by atoms with Gasteiger partial charge in [0, 0.05) is 15.7 Å². The van der Waals surface area contributed by atoms with Crippen LogP contribution in [0.1, 0.15) is 5.56 Å². The molecule has 3 N–H and O–H groups in total. The van der Waals surface area contributed by atoms with E-state index in [4.69, 9.17) is 16.4 Å². The number of rotatable bonds is 1. The van der Waals surface area contributed by atoms with Crippen molar-refractivity contribution in [3.63, 3.8) is 0 Å². The molecule has 0 bridgehead atoms. The van der Waals surface area contributed by atoms with Crippen LogP contribution in [-0.4, -0.2) is 5.71 Å². The lowest BCUT2D eigenvalue weighted by Gasteiger charge is -2.00. The van der Waals surface area contributed by atoms with Gasteiger partial charge in [-0.3, -0.25) is 5.41 Å². The molecular weight excluding hydrogens is 218 g/mol. The Morgan fingerprint density at radius 3 is 2.75 bits per heavy atom. The molecule has 4 heteroatoms. The number of halogens is 1. The van der Waals surface area contributed by atoms with Gasteiger partial charge in [0.15, 0.2) is 0 Å². The van der Waals surface area contributed by atoms with Crippen LogP contribution in [0.4, 0.5) is 5.69 Å². The largest absolute Gasteiger partial charge is 0.398 e. The van der Waals surface area contributed by atoms with Gasteiger partial charge in [0.1, 0.15) is 11.8 Å². The molecule has 0 amide bonds. The van der Waals surface area contributed by atoms with Crippen molar-refractivity contribution in [2.24, 2.45) is 0 Å². The van der Waals surface area contributed by atoms with Crippen molar-refractivity contribution in [2.75, 3.05) is 5.73 Å². The Morgan fingerprint density at radius 2 is 2.25 bits per heavy atom. The lowest BCUT2D eigenvalue weighted by molar-refractivity contribution is 1.46. The van der Waals surface area contributed by atoms with Crippen LogP contribution in [-0.2, 0) is 0 Å². The van der Waals surface area contributed by atoms with E-state index in [1.165, 1.54) is 0 Å². The minimum Gasteiger partial charge on any atom is -0.398 e. The van der Waals surface area contributed by atoms with Crippen LogP contribution in [0.15, 0.2) is 22.7 Å². The molecule has 0 unspecified atom stereocenters. The minimum absolute atomic E-state index is 0.111. The lowest BCUT2D eigenvalue weighted by Crippen LogP contribution is -2.00. The molecule has 0 aliphatic carbocycles. The molecule has 0 atom stereocenters. The number of nitrogens with zero attached hydrogens (tertiary/aromatic N) is 1. The van der Waals surface area contributed by atoms with Crippen molar-refractivity contribution in [3.05, 3.63) is 28.2 Å². The zero-order valence-corrected chi connectivity index (χ0v) is 7.72. The Bertz CT molecular complexity index is 365. The fraction of sp³-hybridized carbons (Fsp3) is 0. The summed E-state index contributed by atoms with van der Waals surface area (Å²) in [6.07, 6.45) is 0. The third kappa shape index (κ3) is 1.63. The fourth-order valence-electron chi connectivity index (χ4n) is 0.821. The number of hydrogen-bond acceptors (Lipinski definition) is 3.